The molecule has 1 heterocycles. The zero-order valence-corrected chi connectivity index (χ0v) is 8.79. The summed E-state index contributed by atoms with van der Waals surface area (Å²) in [6, 6.07) is 1.19. The van der Waals surface area contributed by atoms with Gasteiger partial charge in [0.25, 0.3) is 0 Å². The molecule has 1 rings (SSSR count). The molecule has 1 aromatic heterocycles. The average Bonchev–Trinajstić information content (AvgIpc) is 2.20. The number of aromatic nitrogens is 1. The molecule has 0 atom stereocenters. The first-order chi connectivity index (χ1) is 7.13. The van der Waals surface area contributed by atoms with E-state index in [0.29, 0.717) is 5.56 Å². The van der Waals surface area contributed by atoms with Gasteiger partial charge in [0.1, 0.15) is 11.0 Å². The molecule has 0 aromatic carbocycles. The van der Waals surface area contributed by atoms with Crippen LogP contribution in [0.3, 0.4) is 0 Å². The van der Waals surface area contributed by atoms with Gasteiger partial charge in [0.2, 0.25) is 0 Å². The number of hydrogen-bond acceptors (Lipinski definition) is 3. The molecule has 3 nitrogen and oxygen atoms in total. The summed E-state index contributed by atoms with van der Waals surface area (Å²) in [5, 5.41) is 0.136. The molecule has 0 radical (unpaired) electrons. The fraction of sp³-hybridized carbons (Fsp3) is 0.200. The van der Waals surface area contributed by atoms with Gasteiger partial charge in [0.05, 0.1) is 12.8 Å². The predicted octanol–water partition coefficient (Wildman–Crippen LogP) is 2.45. The summed E-state index contributed by atoms with van der Waals surface area (Å²) >= 11 is 5.68. The van der Waals surface area contributed by atoms with E-state index >= 15 is 0 Å². The van der Waals surface area contributed by atoms with E-state index in [2.05, 4.69) is 9.72 Å². The molecule has 0 spiro atoms. The molecule has 0 fully saturated rings. The molecule has 0 saturated carbocycles. The van der Waals surface area contributed by atoms with Gasteiger partial charge in [-0.15, -0.1) is 0 Å². The molecule has 0 bridgehead atoms. The lowest BCUT2D eigenvalue weighted by Gasteiger charge is -1.97. The molecule has 0 amide bonds. The zero-order chi connectivity index (χ0) is 11.3. The first kappa shape index (κ1) is 11.7. The number of halogens is 2. The molecular formula is C10H9ClFNO2. The van der Waals surface area contributed by atoms with Crippen LogP contribution in [0.1, 0.15) is 12.5 Å². The SMILES string of the molecule is CCOC(=O)/C=C/c1cc(F)cnc1Cl. The Morgan fingerprint density at radius 1 is 1.73 bits per heavy atom. The maximum absolute atomic E-state index is 12.7. The molecule has 0 N–H and O–H groups in total. The van der Waals surface area contributed by atoms with Crippen LogP contribution in [-0.2, 0) is 9.53 Å². The standard InChI is InChI=1S/C10H9ClFNO2/c1-2-15-9(14)4-3-7-5-8(12)6-13-10(7)11/h3-6H,2H2,1H3/b4-3+. The Morgan fingerprint density at radius 2 is 2.47 bits per heavy atom. The zero-order valence-electron chi connectivity index (χ0n) is 8.04. The lowest BCUT2D eigenvalue weighted by molar-refractivity contribution is -0.137. The smallest absolute Gasteiger partial charge is 0.330 e. The van der Waals surface area contributed by atoms with Crippen LogP contribution in [0.5, 0.6) is 0 Å². The molecule has 80 valence electrons. The second-order valence-corrected chi connectivity index (χ2v) is 2.98. The van der Waals surface area contributed by atoms with Crippen LogP contribution in [0.4, 0.5) is 4.39 Å². The predicted molar refractivity (Wildman–Crippen MR) is 54.9 cm³/mol. The fourth-order valence-corrected chi connectivity index (χ4v) is 1.07. The Bertz CT molecular complexity index is 393. The first-order valence-corrected chi connectivity index (χ1v) is 4.67. The summed E-state index contributed by atoms with van der Waals surface area (Å²) in [4.78, 5) is 14.5. The van der Waals surface area contributed by atoms with Crippen molar-refractivity contribution in [2.45, 2.75) is 6.92 Å². The first-order valence-electron chi connectivity index (χ1n) is 4.29. The minimum atomic E-state index is -0.511. The van der Waals surface area contributed by atoms with Crippen molar-refractivity contribution >= 4 is 23.6 Å². The van der Waals surface area contributed by atoms with Gasteiger partial charge in [-0.25, -0.2) is 14.2 Å². The summed E-state index contributed by atoms with van der Waals surface area (Å²) in [6.07, 6.45) is 3.53. The molecule has 0 aliphatic rings. The summed E-state index contributed by atoms with van der Waals surface area (Å²) in [7, 11) is 0. The number of rotatable bonds is 3. The van der Waals surface area contributed by atoms with E-state index in [9.17, 15) is 9.18 Å². The third kappa shape index (κ3) is 3.67. The van der Waals surface area contributed by atoms with Crippen molar-refractivity contribution in [2.24, 2.45) is 0 Å². The van der Waals surface area contributed by atoms with Crippen molar-refractivity contribution in [3.8, 4) is 0 Å². The van der Waals surface area contributed by atoms with Crippen molar-refractivity contribution in [3.63, 3.8) is 0 Å². The third-order valence-corrected chi connectivity index (χ3v) is 1.83. The number of esters is 1. The van der Waals surface area contributed by atoms with Crippen LogP contribution in [-0.4, -0.2) is 17.6 Å². The van der Waals surface area contributed by atoms with Crippen molar-refractivity contribution in [1.82, 2.24) is 4.98 Å². The van der Waals surface area contributed by atoms with Crippen molar-refractivity contribution in [2.75, 3.05) is 6.61 Å². The van der Waals surface area contributed by atoms with Gasteiger partial charge in [-0.1, -0.05) is 11.6 Å². The monoisotopic (exact) mass is 229 g/mol. The van der Waals surface area contributed by atoms with E-state index in [1.165, 1.54) is 18.2 Å². The molecular weight excluding hydrogens is 221 g/mol. The van der Waals surface area contributed by atoms with Crippen LogP contribution < -0.4 is 0 Å². The number of pyridine rings is 1. The van der Waals surface area contributed by atoms with E-state index in [1.54, 1.807) is 6.92 Å². The van der Waals surface area contributed by atoms with Gasteiger partial charge in [-0.05, 0) is 19.1 Å². The van der Waals surface area contributed by atoms with Gasteiger partial charge < -0.3 is 4.74 Å². The Balaban J connectivity index is 2.79. The lowest BCUT2D eigenvalue weighted by Crippen LogP contribution is -1.98. The Kier molecular flexibility index (Phi) is 4.24. The second-order valence-electron chi connectivity index (χ2n) is 2.62. The van der Waals surface area contributed by atoms with Crippen LogP contribution in [0.2, 0.25) is 5.15 Å². The quantitative estimate of drug-likeness (QED) is 0.454. The van der Waals surface area contributed by atoms with E-state index in [1.807, 2.05) is 0 Å². The van der Waals surface area contributed by atoms with Gasteiger partial charge in [-0.2, -0.15) is 0 Å². The maximum Gasteiger partial charge on any atom is 0.330 e. The highest BCUT2D eigenvalue weighted by Gasteiger charge is 2.01. The fourth-order valence-electron chi connectivity index (χ4n) is 0.903. The van der Waals surface area contributed by atoms with E-state index in [0.717, 1.165) is 6.20 Å². The molecule has 0 aliphatic heterocycles. The minimum Gasteiger partial charge on any atom is -0.463 e. The normalized spacial score (nSPS) is 10.6. The van der Waals surface area contributed by atoms with Crippen LogP contribution in [0, 0.1) is 5.82 Å². The molecule has 0 saturated heterocycles. The maximum atomic E-state index is 12.7. The van der Waals surface area contributed by atoms with Crippen molar-refractivity contribution in [1.29, 1.82) is 0 Å². The highest BCUT2D eigenvalue weighted by molar-refractivity contribution is 6.30. The van der Waals surface area contributed by atoms with Gasteiger partial charge >= 0.3 is 5.97 Å². The number of ether oxygens (including phenoxy) is 1. The summed E-state index contributed by atoms with van der Waals surface area (Å²) < 4.78 is 17.4. The van der Waals surface area contributed by atoms with Crippen LogP contribution >= 0.6 is 11.6 Å². The van der Waals surface area contributed by atoms with E-state index in [4.69, 9.17) is 11.6 Å². The number of carbonyl (C=O) groups is 1. The molecule has 5 heteroatoms. The Morgan fingerprint density at radius 3 is 3.13 bits per heavy atom. The Labute approximate surface area is 91.5 Å². The van der Waals surface area contributed by atoms with Crippen LogP contribution in [0.25, 0.3) is 6.08 Å². The van der Waals surface area contributed by atoms with E-state index in [-0.39, 0.29) is 11.8 Å². The largest absolute Gasteiger partial charge is 0.463 e. The van der Waals surface area contributed by atoms with Gasteiger partial charge in [-0.3, -0.25) is 0 Å². The lowest BCUT2D eigenvalue weighted by atomic mass is 10.2. The summed E-state index contributed by atoms with van der Waals surface area (Å²) in [5.74, 6) is -1.01. The topological polar surface area (TPSA) is 39.2 Å². The average molecular weight is 230 g/mol. The highest BCUT2D eigenvalue weighted by Crippen LogP contribution is 2.15. The van der Waals surface area contributed by atoms with E-state index < -0.39 is 11.8 Å². The molecule has 0 unspecified atom stereocenters. The van der Waals surface area contributed by atoms with Crippen molar-refractivity contribution < 1.29 is 13.9 Å². The molecule has 0 aliphatic carbocycles. The highest BCUT2D eigenvalue weighted by atomic mass is 35.5. The van der Waals surface area contributed by atoms with Crippen molar-refractivity contribution in [3.05, 3.63) is 34.9 Å². The summed E-state index contributed by atoms with van der Waals surface area (Å²) in [6.45, 7) is 1.99. The molecule has 1 aromatic rings. The minimum absolute atomic E-state index is 0.136. The number of hydrogen-bond donors (Lipinski definition) is 0. The number of carbonyl (C=O) groups excluding carboxylic acids is 1. The third-order valence-electron chi connectivity index (χ3n) is 1.52. The number of nitrogens with zero attached hydrogens (tertiary/aromatic N) is 1. The van der Waals surface area contributed by atoms with Gasteiger partial charge in [0, 0.05) is 11.6 Å². The molecule has 15 heavy (non-hydrogen) atoms. The van der Waals surface area contributed by atoms with Gasteiger partial charge in [0.15, 0.2) is 0 Å². The van der Waals surface area contributed by atoms with Crippen LogP contribution in [0.15, 0.2) is 18.3 Å². The second kappa shape index (κ2) is 5.46. The summed E-state index contributed by atoms with van der Waals surface area (Å²) in [5.41, 5.74) is 0.338. The Hall–Kier alpha value is -1.42.